The van der Waals surface area contributed by atoms with Gasteiger partial charge in [0, 0.05) is 11.5 Å². The molecule has 1 aromatic carbocycles. The normalized spacial score (nSPS) is 10.6. The molecule has 0 unspecified atom stereocenters. The zero-order valence-corrected chi connectivity index (χ0v) is 9.83. The van der Waals surface area contributed by atoms with E-state index in [1.807, 2.05) is 12.1 Å². The Morgan fingerprint density at radius 2 is 2.20 bits per heavy atom. The van der Waals surface area contributed by atoms with E-state index >= 15 is 0 Å². The summed E-state index contributed by atoms with van der Waals surface area (Å²) in [6.45, 7) is 1.74. The van der Waals surface area contributed by atoms with Crippen LogP contribution in [0.3, 0.4) is 0 Å². The third-order valence-corrected chi connectivity index (χ3v) is 2.83. The maximum Gasteiger partial charge on any atom is 0.128 e. The molecular weight excluding hydrogens is 259 g/mol. The first-order valence-electron chi connectivity index (χ1n) is 4.58. The SMILES string of the molecule is Cc1ccc(-n2nccc2CBr)cc1F. The number of benzene rings is 1. The lowest BCUT2D eigenvalue weighted by molar-refractivity contribution is 0.616. The van der Waals surface area contributed by atoms with Crippen LogP contribution in [0.25, 0.3) is 5.69 Å². The molecule has 0 atom stereocenters. The summed E-state index contributed by atoms with van der Waals surface area (Å²) in [6.07, 6.45) is 1.70. The fourth-order valence-corrected chi connectivity index (χ4v) is 1.80. The molecule has 0 bridgehead atoms. The molecule has 0 saturated heterocycles. The molecule has 0 N–H and O–H groups in total. The second kappa shape index (κ2) is 4.14. The van der Waals surface area contributed by atoms with Gasteiger partial charge in [-0.25, -0.2) is 9.07 Å². The topological polar surface area (TPSA) is 17.8 Å². The Bertz CT molecular complexity index is 479. The molecule has 0 saturated carbocycles. The van der Waals surface area contributed by atoms with E-state index < -0.39 is 0 Å². The highest BCUT2D eigenvalue weighted by Crippen LogP contribution is 2.16. The minimum absolute atomic E-state index is 0.205. The van der Waals surface area contributed by atoms with Crippen LogP contribution < -0.4 is 0 Å². The van der Waals surface area contributed by atoms with Crippen molar-refractivity contribution in [2.45, 2.75) is 12.3 Å². The first-order valence-corrected chi connectivity index (χ1v) is 5.70. The van der Waals surface area contributed by atoms with Crippen LogP contribution in [0.15, 0.2) is 30.5 Å². The lowest BCUT2D eigenvalue weighted by Gasteiger charge is -2.06. The standard InChI is InChI=1S/C11H10BrFN2/c1-8-2-3-9(6-11(8)13)15-10(7-12)4-5-14-15/h2-6H,7H2,1H3. The first kappa shape index (κ1) is 10.4. The molecule has 4 heteroatoms. The van der Waals surface area contributed by atoms with Crippen molar-refractivity contribution in [3.8, 4) is 5.69 Å². The zero-order valence-electron chi connectivity index (χ0n) is 8.24. The van der Waals surface area contributed by atoms with Crippen molar-refractivity contribution >= 4 is 15.9 Å². The number of alkyl halides is 1. The summed E-state index contributed by atoms with van der Waals surface area (Å²) in [6, 6.07) is 7.00. The summed E-state index contributed by atoms with van der Waals surface area (Å²) in [5.74, 6) is -0.205. The van der Waals surface area contributed by atoms with Gasteiger partial charge in [0.2, 0.25) is 0 Å². The third kappa shape index (κ3) is 1.95. The molecule has 1 heterocycles. The molecular formula is C11H10BrFN2. The van der Waals surface area contributed by atoms with Gasteiger partial charge in [0.05, 0.1) is 11.4 Å². The van der Waals surface area contributed by atoms with Crippen molar-refractivity contribution in [1.29, 1.82) is 0 Å². The van der Waals surface area contributed by atoms with E-state index in [0.717, 1.165) is 11.4 Å². The van der Waals surface area contributed by atoms with Crippen LogP contribution in [0, 0.1) is 12.7 Å². The summed E-state index contributed by atoms with van der Waals surface area (Å²) < 4.78 is 15.1. The fraction of sp³-hybridized carbons (Fsp3) is 0.182. The number of rotatable bonds is 2. The van der Waals surface area contributed by atoms with Gasteiger partial charge in [-0.1, -0.05) is 22.0 Å². The van der Waals surface area contributed by atoms with Gasteiger partial charge in [0.25, 0.3) is 0 Å². The number of nitrogens with zero attached hydrogens (tertiary/aromatic N) is 2. The largest absolute Gasteiger partial charge is 0.237 e. The van der Waals surface area contributed by atoms with Gasteiger partial charge in [-0.2, -0.15) is 5.10 Å². The van der Waals surface area contributed by atoms with Crippen molar-refractivity contribution in [3.63, 3.8) is 0 Å². The highest BCUT2D eigenvalue weighted by Gasteiger charge is 2.05. The lowest BCUT2D eigenvalue weighted by atomic mass is 10.2. The number of aryl methyl sites for hydroxylation is 1. The Labute approximate surface area is 95.9 Å². The minimum Gasteiger partial charge on any atom is -0.237 e. The van der Waals surface area contributed by atoms with Crippen molar-refractivity contribution in [2.75, 3.05) is 0 Å². The predicted molar refractivity (Wildman–Crippen MR) is 60.9 cm³/mol. The fourth-order valence-electron chi connectivity index (χ4n) is 1.38. The summed E-state index contributed by atoms with van der Waals surface area (Å²) >= 11 is 3.36. The van der Waals surface area contributed by atoms with Gasteiger partial charge in [-0.15, -0.1) is 0 Å². The zero-order chi connectivity index (χ0) is 10.8. The highest BCUT2D eigenvalue weighted by molar-refractivity contribution is 9.08. The Kier molecular flexibility index (Phi) is 2.86. The highest BCUT2D eigenvalue weighted by atomic mass is 79.9. The molecule has 0 fully saturated rings. The third-order valence-electron chi connectivity index (χ3n) is 2.26. The van der Waals surface area contributed by atoms with Crippen LogP contribution in [-0.2, 0) is 5.33 Å². The summed E-state index contributed by atoms with van der Waals surface area (Å²) in [5.41, 5.74) is 2.39. The average Bonchev–Trinajstić information content (AvgIpc) is 2.70. The first-order chi connectivity index (χ1) is 7.22. The molecule has 0 aliphatic heterocycles. The molecule has 1 aromatic heterocycles. The summed E-state index contributed by atoms with van der Waals surface area (Å²) in [7, 11) is 0. The molecule has 2 nitrogen and oxygen atoms in total. The van der Waals surface area contributed by atoms with E-state index in [-0.39, 0.29) is 5.82 Å². The van der Waals surface area contributed by atoms with Crippen molar-refractivity contribution in [1.82, 2.24) is 9.78 Å². The molecule has 15 heavy (non-hydrogen) atoms. The van der Waals surface area contributed by atoms with E-state index in [4.69, 9.17) is 0 Å². The van der Waals surface area contributed by atoms with Crippen LogP contribution >= 0.6 is 15.9 Å². The Hall–Kier alpha value is -1.16. The molecule has 0 aliphatic carbocycles. The van der Waals surface area contributed by atoms with Gasteiger partial charge in [0.15, 0.2) is 0 Å². The predicted octanol–water partition coefficient (Wildman–Crippen LogP) is 3.21. The molecule has 0 amide bonds. The van der Waals surface area contributed by atoms with Gasteiger partial charge < -0.3 is 0 Å². The van der Waals surface area contributed by atoms with E-state index in [2.05, 4.69) is 21.0 Å². The van der Waals surface area contributed by atoms with Gasteiger partial charge in [-0.05, 0) is 30.7 Å². The maximum absolute atomic E-state index is 13.4. The van der Waals surface area contributed by atoms with Crippen LogP contribution in [0.1, 0.15) is 11.3 Å². The average molecular weight is 269 g/mol. The van der Waals surface area contributed by atoms with Crippen molar-refractivity contribution in [2.24, 2.45) is 0 Å². The quantitative estimate of drug-likeness (QED) is 0.765. The van der Waals surface area contributed by atoms with Crippen molar-refractivity contribution in [3.05, 3.63) is 47.5 Å². The van der Waals surface area contributed by atoms with Gasteiger partial charge >= 0.3 is 0 Å². The molecule has 2 aromatic rings. The smallest absolute Gasteiger partial charge is 0.128 e. The molecule has 78 valence electrons. The summed E-state index contributed by atoms with van der Waals surface area (Å²) in [5, 5.41) is 4.84. The molecule has 2 rings (SSSR count). The lowest BCUT2D eigenvalue weighted by Crippen LogP contribution is -2.01. The van der Waals surface area contributed by atoms with E-state index in [1.54, 1.807) is 23.9 Å². The number of hydrogen-bond donors (Lipinski definition) is 0. The Morgan fingerprint density at radius 3 is 2.87 bits per heavy atom. The second-order valence-corrected chi connectivity index (χ2v) is 3.86. The number of hydrogen-bond acceptors (Lipinski definition) is 1. The Balaban J connectivity index is 2.50. The van der Waals surface area contributed by atoms with Crippen LogP contribution in [0.2, 0.25) is 0 Å². The van der Waals surface area contributed by atoms with E-state index in [9.17, 15) is 4.39 Å². The van der Waals surface area contributed by atoms with E-state index in [0.29, 0.717) is 10.9 Å². The van der Waals surface area contributed by atoms with Gasteiger partial charge in [-0.3, -0.25) is 0 Å². The summed E-state index contributed by atoms with van der Waals surface area (Å²) in [4.78, 5) is 0. The number of aromatic nitrogens is 2. The number of halogens is 2. The molecule has 0 aliphatic rings. The van der Waals surface area contributed by atoms with Crippen LogP contribution in [-0.4, -0.2) is 9.78 Å². The molecule has 0 spiro atoms. The monoisotopic (exact) mass is 268 g/mol. The van der Waals surface area contributed by atoms with Crippen LogP contribution in [0.5, 0.6) is 0 Å². The Morgan fingerprint density at radius 1 is 1.40 bits per heavy atom. The maximum atomic E-state index is 13.4. The second-order valence-electron chi connectivity index (χ2n) is 3.30. The minimum atomic E-state index is -0.205. The van der Waals surface area contributed by atoms with E-state index in [1.165, 1.54) is 6.07 Å². The van der Waals surface area contributed by atoms with Crippen LogP contribution in [0.4, 0.5) is 4.39 Å². The molecule has 0 radical (unpaired) electrons. The van der Waals surface area contributed by atoms with Crippen molar-refractivity contribution < 1.29 is 4.39 Å². The van der Waals surface area contributed by atoms with Gasteiger partial charge in [0.1, 0.15) is 5.82 Å².